The molecule has 2 N–H and O–H groups in total. The lowest BCUT2D eigenvalue weighted by Gasteiger charge is -2.27. The average molecular weight is 314 g/mol. The Bertz CT molecular complexity index is 614. The van der Waals surface area contributed by atoms with E-state index < -0.39 is 0 Å². The van der Waals surface area contributed by atoms with Gasteiger partial charge in [0, 0.05) is 20.1 Å². The third-order valence-corrected chi connectivity index (χ3v) is 3.89. The van der Waals surface area contributed by atoms with Gasteiger partial charge in [-0.25, -0.2) is 0 Å². The van der Waals surface area contributed by atoms with E-state index in [2.05, 4.69) is 58.1 Å². The van der Waals surface area contributed by atoms with Crippen LogP contribution in [0.3, 0.4) is 0 Å². The molecule has 23 heavy (non-hydrogen) atoms. The van der Waals surface area contributed by atoms with Crippen LogP contribution >= 0.6 is 0 Å². The van der Waals surface area contributed by atoms with E-state index in [0.29, 0.717) is 24.4 Å². The zero-order valence-corrected chi connectivity index (χ0v) is 14.4. The summed E-state index contributed by atoms with van der Waals surface area (Å²) in [6.07, 6.45) is 2.07. The zero-order valence-electron chi connectivity index (χ0n) is 14.4. The van der Waals surface area contributed by atoms with Crippen LogP contribution in [0.4, 0.5) is 11.9 Å². The van der Waals surface area contributed by atoms with E-state index in [1.807, 2.05) is 25.1 Å². The first-order chi connectivity index (χ1) is 11.0. The molecule has 2 rings (SSSR count). The molecular weight excluding hydrogens is 288 g/mol. The molecule has 0 bridgehead atoms. The van der Waals surface area contributed by atoms with Crippen molar-refractivity contribution < 1.29 is 0 Å². The van der Waals surface area contributed by atoms with Crippen LogP contribution in [0.15, 0.2) is 30.3 Å². The van der Waals surface area contributed by atoms with Crippen LogP contribution in [0.25, 0.3) is 0 Å². The van der Waals surface area contributed by atoms with Gasteiger partial charge in [-0.2, -0.15) is 15.0 Å². The van der Waals surface area contributed by atoms with Gasteiger partial charge in [0.1, 0.15) is 5.82 Å². The Morgan fingerprint density at radius 3 is 2.35 bits per heavy atom. The lowest BCUT2D eigenvalue weighted by molar-refractivity contribution is 0.220. The summed E-state index contributed by atoms with van der Waals surface area (Å²) in [5.41, 5.74) is 7.14. The topological polar surface area (TPSA) is 71.2 Å². The van der Waals surface area contributed by atoms with Gasteiger partial charge in [0.2, 0.25) is 11.9 Å². The van der Waals surface area contributed by atoms with Crippen molar-refractivity contribution in [3.63, 3.8) is 0 Å². The Morgan fingerprint density at radius 1 is 1.04 bits per heavy atom. The number of rotatable bonds is 7. The molecule has 0 aliphatic carbocycles. The molecule has 0 saturated heterocycles. The lowest BCUT2D eigenvalue weighted by Crippen LogP contribution is -2.33. The van der Waals surface area contributed by atoms with Crippen molar-refractivity contribution in [2.75, 3.05) is 31.8 Å². The maximum absolute atomic E-state index is 5.80. The van der Waals surface area contributed by atoms with Crippen LogP contribution in [0.1, 0.15) is 24.7 Å². The number of aromatic nitrogens is 3. The summed E-state index contributed by atoms with van der Waals surface area (Å²) in [6.45, 7) is 2.86. The Balaban J connectivity index is 2.08. The maximum Gasteiger partial charge on any atom is 0.229 e. The molecule has 0 spiro atoms. The first-order valence-electron chi connectivity index (χ1n) is 7.91. The highest BCUT2D eigenvalue weighted by Gasteiger charge is 2.16. The molecule has 0 saturated carbocycles. The molecule has 1 aromatic heterocycles. The van der Waals surface area contributed by atoms with Crippen molar-refractivity contribution in [2.45, 2.75) is 32.4 Å². The predicted octanol–water partition coefficient (Wildman–Crippen LogP) is 1.97. The number of likely N-dealkylation sites (N-methyl/N-ethyl adjacent to an activating group) is 1. The molecule has 6 heteroatoms. The van der Waals surface area contributed by atoms with Crippen LogP contribution in [0.2, 0.25) is 0 Å². The van der Waals surface area contributed by atoms with Crippen molar-refractivity contribution in [2.24, 2.45) is 0 Å². The summed E-state index contributed by atoms with van der Waals surface area (Å²) in [5.74, 6) is 1.57. The van der Waals surface area contributed by atoms with Crippen molar-refractivity contribution in [3.05, 3.63) is 41.7 Å². The molecule has 0 radical (unpaired) electrons. The van der Waals surface area contributed by atoms with Gasteiger partial charge in [0.05, 0.1) is 6.54 Å². The van der Waals surface area contributed by atoms with E-state index in [4.69, 9.17) is 5.73 Å². The fraction of sp³-hybridized carbons (Fsp3) is 0.471. The smallest absolute Gasteiger partial charge is 0.229 e. The largest absolute Gasteiger partial charge is 0.368 e. The molecular formula is C17H26N6. The van der Waals surface area contributed by atoms with E-state index >= 15 is 0 Å². The van der Waals surface area contributed by atoms with Crippen LogP contribution < -0.4 is 10.6 Å². The molecule has 2 aromatic rings. The van der Waals surface area contributed by atoms with E-state index in [1.54, 1.807) is 0 Å². The van der Waals surface area contributed by atoms with Gasteiger partial charge in [-0.1, -0.05) is 37.3 Å². The predicted molar refractivity (Wildman–Crippen MR) is 94.3 cm³/mol. The monoisotopic (exact) mass is 314 g/mol. The molecule has 0 fully saturated rings. The number of benzene rings is 1. The molecule has 1 unspecified atom stereocenters. The quantitative estimate of drug-likeness (QED) is 0.842. The van der Waals surface area contributed by atoms with Gasteiger partial charge in [-0.3, -0.25) is 4.90 Å². The molecule has 0 amide bonds. The fourth-order valence-corrected chi connectivity index (χ4v) is 2.55. The van der Waals surface area contributed by atoms with Crippen LogP contribution in [0.5, 0.6) is 0 Å². The van der Waals surface area contributed by atoms with Gasteiger partial charge in [-0.15, -0.1) is 0 Å². The van der Waals surface area contributed by atoms with Crippen LogP contribution in [-0.4, -0.2) is 47.0 Å². The summed E-state index contributed by atoms with van der Waals surface area (Å²) in [7, 11) is 5.89. The maximum atomic E-state index is 5.80. The van der Waals surface area contributed by atoms with E-state index in [0.717, 1.165) is 12.8 Å². The van der Waals surface area contributed by atoms with Crippen molar-refractivity contribution in [1.29, 1.82) is 0 Å². The molecule has 1 heterocycles. The van der Waals surface area contributed by atoms with Crippen molar-refractivity contribution in [1.82, 2.24) is 19.9 Å². The number of nitrogens with two attached hydrogens (primary N) is 1. The number of nitrogens with zero attached hydrogens (tertiary/aromatic N) is 5. The summed E-state index contributed by atoms with van der Waals surface area (Å²) in [4.78, 5) is 17.0. The second kappa shape index (κ2) is 7.87. The van der Waals surface area contributed by atoms with Crippen LogP contribution in [0, 0.1) is 0 Å². The highest BCUT2D eigenvalue weighted by atomic mass is 15.3. The third-order valence-electron chi connectivity index (χ3n) is 3.89. The highest BCUT2D eigenvalue weighted by molar-refractivity contribution is 5.32. The summed E-state index contributed by atoms with van der Waals surface area (Å²) < 4.78 is 0. The molecule has 0 aliphatic heterocycles. The number of hydrogen-bond acceptors (Lipinski definition) is 6. The number of hydrogen-bond donors (Lipinski definition) is 1. The standard InChI is InChI=1S/C17H26N6/c1-5-14(11-13-9-7-6-8-10-13)23(4)12-15-19-16(18)21-17(20-15)22(2)3/h6-10,14H,5,11-12H2,1-4H3,(H2,18,19,20,21). The average Bonchev–Trinajstić information content (AvgIpc) is 2.52. The number of anilines is 2. The van der Waals surface area contributed by atoms with Crippen molar-refractivity contribution >= 4 is 11.9 Å². The normalized spacial score (nSPS) is 12.4. The van der Waals surface area contributed by atoms with Crippen molar-refractivity contribution in [3.8, 4) is 0 Å². The Hall–Kier alpha value is -2.21. The molecule has 6 nitrogen and oxygen atoms in total. The number of nitrogen functional groups attached to an aromatic ring is 1. The second-order valence-electron chi connectivity index (χ2n) is 5.97. The Kier molecular flexibility index (Phi) is 5.87. The zero-order chi connectivity index (χ0) is 16.8. The molecule has 1 atom stereocenters. The van der Waals surface area contributed by atoms with E-state index in [-0.39, 0.29) is 5.95 Å². The first-order valence-corrected chi connectivity index (χ1v) is 7.91. The Morgan fingerprint density at radius 2 is 1.74 bits per heavy atom. The minimum Gasteiger partial charge on any atom is -0.368 e. The molecule has 124 valence electrons. The van der Waals surface area contributed by atoms with E-state index in [9.17, 15) is 0 Å². The molecule has 0 aliphatic rings. The van der Waals surface area contributed by atoms with Gasteiger partial charge in [0.15, 0.2) is 0 Å². The Labute approximate surface area is 138 Å². The molecule has 1 aromatic carbocycles. The fourth-order valence-electron chi connectivity index (χ4n) is 2.55. The SMILES string of the molecule is CCC(Cc1ccccc1)N(C)Cc1nc(N)nc(N(C)C)n1. The lowest BCUT2D eigenvalue weighted by atomic mass is 10.0. The third kappa shape index (κ3) is 4.89. The van der Waals surface area contributed by atoms with Gasteiger partial charge < -0.3 is 10.6 Å². The second-order valence-corrected chi connectivity index (χ2v) is 5.97. The van der Waals surface area contributed by atoms with Gasteiger partial charge >= 0.3 is 0 Å². The summed E-state index contributed by atoms with van der Waals surface area (Å²) in [5, 5.41) is 0. The van der Waals surface area contributed by atoms with E-state index in [1.165, 1.54) is 5.56 Å². The van der Waals surface area contributed by atoms with Gasteiger partial charge in [0.25, 0.3) is 0 Å². The summed E-state index contributed by atoms with van der Waals surface area (Å²) >= 11 is 0. The first kappa shape index (κ1) is 17.1. The van der Waals surface area contributed by atoms with Crippen LogP contribution in [-0.2, 0) is 13.0 Å². The summed E-state index contributed by atoms with van der Waals surface area (Å²) in [6, 6.07) is 11.0. The minimum atomic E-state index is 0.267. The highest BCUT2D eigenvalue weighted by Crippen LogP contribution is 2.14. The minimum absolute atomic E-state index is 0.267. The van der Waals surface area contributed by atoms with Gasteiger partial charge in [-0.05, 0) is 25.5 Å².